The van der Waals surface area contributed by atoms with Gasteiger partial charge in [0.05, 0.1) is 28.5 Å². The lowest BCUT2D eigenvalue weighted by Crippen LogP contribution is -2.25. The lowest BCUT2D eigenvalue weighted by atomic mass is 9.98. The first-order valence-corrected chi connectivity index (χ1v) is 14.9. The highest BCUT2D eigenvalue weighted by Gasteiger charge is 2.26. The molecule has 2 heterocycles. The Labute approximate surface area is 237 Å². The highest BCUT2D eigenvalue weighted by atomic mass is 32.2. The summed E-state index contributed by atoms with van der Waals surface area (Å²) in [5, 5.41) is 3.31. The minimum Gasteiger partial charge on any atom is -0.455 e. The molecule has 0 aliphatic rings. The number of aryl methyl sites for hydroxylation is 1. The molecule has 0 fully saturated rings. The van der Waals surface area contributed by atoms with Crippen molar-refractivity contribution in [2.75, 3.05) is 24.7 Å². The summed E-state index contributed by atoms with van der Waals surface area (Å²) in [6.07, 6.45) is 2.93. The van der Waals surface area contributed by atoms with Crippen molar-refractivity contribution < 1.29 is 17.6 Å². The summed E-state index contributed by atoms with van der Waals surface area (Å²) in [7, 11) is -0.539. The Morgan fingerprint density at radius 2 is 1.66 bits per heavy atom. The molecule has 6 rings (SSSR count). The average molecular weight is 565 g/mol. The van der Waals surface area contributed by atoms with Crippen LogP contribution < -0.4 is 9.62 Å². The Balaban J connectivity index is 1.64. The van der Waals surface area contributed by atoms with E-state index in [9.17, 15) is 13.2 Å². The summed E-state index contributed by atoms with van der Waals surface area (Å²) < 4.78 is 35.0. The summed E-state index contributed by atoms with van der Waals surface area (Å²) in [5.74, 6) is 0.120. The van der Waals surface area contributed by atoms with Crippen LogP contribution in [-0.4, -0.2) is 44.2 Å². The molecule has 6 aromatic rings. The van der Waals surface area contributed by atoms with Crippen molar-refractivity contribution in [1.82, 2.24) is 14.9 Å². The van der Waals surface area contributed by atoms with Gasteiger partial charge in [-0.3, -0.25) is 13.7 Å². The largest absolute Gasteiger partial charge is 0.455 e. The van der Waals surface area contributed by atoms with Crippen molar-refractivity contribution >= 4 is 43.6 Å². The van der Waals surface area contributed by atoms with Crippen molar-refractivity contribution in [2.45, 2.75) is 6.92 Å². The van der Waals surface area contributed by atoms with Gasteiger partial charge in [0, 0.05) is 42.4 Å². The molecule has 206 valence electrons. The second kappa shape index (κ2) is 9.94. The maximum absolute atomic E-state index is 13.2. The number of fused-ring (bicyclic) bond motifs is 2. The molecule has 9 heteroatoms. The van der Waals surface area contributed by atoms with E-state index in [0.717, 1.165) is 39.7 Å². The minimum atomic E-state index is -3.62. The fraction of sp³-hybridized carbons (Fsp3) is 0.125. The topological polar surface area (TPSA) is 97.4 Å². The number of anilines is 1. The molecule has 0 unspecified atom stereocenters. The molecule has 0 aliphatic heterocycles. The van der Waals surface area contributed by atoms with Crippen LogP contribution in [0, 0.1) is 6.92 Å². The third kappa shape index (κ3) is 4.64. The molecule has 0 atom stereocenters. The number of nitrogens with one attached hydrogen (secondary N) is 1. The minimum absolute atomic E-state index is 0.299. The van der Waals surface area contributed by atoms with Crippen LogP contribution in [-0.2, 0) is 10.0 Å². The number of amides is 1. The molecule has 0 saturated carbocycles. The zero-order chi connectivity index (χ0) is 28.9. The van der Waals surface area contributed by atoms with Crippen LogP contribution in [0.1, 0.15) is 15.9 Å². The number of imidazole rings is 1. The first-order chi connectivity index (χ1) is 19.7. The zero-order valence-corrected chi connectivity index (χ0v) is 23.9. The summed E-state index contributed by atoms with van der Waals surface area (Å²) in [5.41, 5.74) is 7.06. The number of para-hydroxylation sites is 1. The monoisotopic (exact) mass is 564 g/mol. The van der Waals surface area contributed by atoms with Gasteiger partial charge in [0.25, 0.3) is 5.91 Å². The number of benzene rings is 4. The second-order valence-corrected chi connectivity index (χ2v) is 12.0. The Morgan fingerprint density at radius 3 is 2.34 bits per heavy atom. The predicted molar refractivity (Wildman–Crippen MR) is 163 cm³/mol. The maximum atomic E-state index is 13.2. The van der Waals surface area contributed by atoms with Gasteiger partial charge in [0.1, 0.15) is 17.7 Å². The summed E-state index contributed by atoms with van der Waals surface area (Å²) >= 11 is 0. The fourth-order valence-corrected chi connectivity index (χ4v) is 5.54. The lowest BCUT2D eigenvalue weighted by Gasteiger charge is -2.21. The van der Waals surface area contributed by atoms with E-state index < -0.39 is 10.0 Å². The maximum Gasteiger partial charge on any atom is 0.255 e. The van der Waals surface area contributed by atoms with Gasteiger partial charge >= 0.3 is 0 Å². The Hall–Kier alpha value is -4.89. The van der Waals surface area contributed by atoms with E-state index in [2.05, 4.69) is 10.3 Å². The van der Waals surface area contributed by atoms with E-state index in [0.29, 0.717) is 33.5 Å². The number of carbonyl (C=O) groups excluding carboxylic acids is 1. The molecule has 41 heavy (non-hydrogen) atoms. The van der Waals surface area contributed by atoms with Gasteiger partial charge in [-0.05, 0) is 42.8 Å². The second-order valence-electron chi connectivity index (χ2n) is 10.0. The number of hydrogen-bond acceptors (Lipinski definition) is 5. The zero-order valence-electron chi connectivity index (χ0n) is 23.0. The summed E-state index contributed by atoms with van der Waals surface area (Å²) in [6, 6.07) is 26.9. The highest BCUT2D eigenvalue weighted by molar-refractivity contribution is 7.92. The van der Waals surface area contributed by atoms with E-state index in [-0.39, 0.29) is 5.91 Å². The standard InChI is InChI=1S/C32H28N4O4S/c1-20-10-12-21(13-11-20)31-30(32(37)33-2)25-17-24(27(18-29(25)40-31)35(3)41(4,38)39)22-14-15-26-28(16-22)36(19-34-26)23-8-6-5-7-9-23/h5-19H,1-4H3,(H,33,37). The van der Waals surface area contributed by atoms with Crippen molar-refractivity contribution in [2.24, 2.45) is 0 Å². The molecule has 0 bridgehead atoms. The number of sulfonamides is 1. The molecular formula is C32H28N4O4S. The molecular weight excluding hydrogens is 536 g/mol. The van der Waals surface area contributed by atoms with Crippen LogP contribution in [0.5, 0.6) is 0 Å². The van der Waals surface area contributed by atoms with Crippen LogP contribution in [0.15, 0.2) is 95.7 Å². The van der Waals surface area contributed by atoms with Gasteiger partial charge in [0.15, 0.2) is 0 Å². The average Bonchev–Trinajstić information content (AvgIpc) is 3.57. The van der Waals surface area contributed by atoms with Gasteiger partial charge in [-0.25, -0.2) is 13.4 Å². The van der Waals surface area contributed by atoms with E-state index >= 15 is 0 Å². The van der Waals surface area contributed by atoms with Gasteiger partial charge < -0.3 is 9.73 Å². The first kappa shape index (κ1) is 26.3. The fourth-order valence-electron chi connectivity index (χ4n) is 5.03. The van der Waals surface area contributed by atoms with Gasteiger partial charge in [-0.1, -0.05) is 54.1 Å². The molecule has 1 N–H and O–H groups in total. The normalized spacial score (nSPS) is 11.7. The van der Waals surface area contributed by atoms with E-state index in [1.807, 2.05) is 90.4 Å². The quantitative estimate of drug-likeness (QED) is 0.261. The molecule has 4 aromatic carbocycles. The van der Waals surface area contributed by atoms with E-state index in [1.54, 1.807) is 19.4 Å². The number of furan rings is 1. The van der Waals surface area contributed by atoms with Gasteiger partial charge in [0.2, 0.25) is 10.0 Å². The van der Waals surface area contributed by atoms with Crippen molar-refractivity contribution in [3.8, 4) is 28.1 Å². The lowest BCUT2D eigenvalue weighted by molar-refractivity contribution is 0.0964. The Bertz CT molecular complexity index is 2040. The van der Waals surface area contributed by atoms with Gasteiger partial charge in [-0.15, -0.1) is 0 Å². The van der Waals surface area contributed by atoms with Crippen LogP contribution in [0.2, 0.25) is 0 Å². The third-order valence-electron chi connectivity index (χ3n) is 7.30. The van der Waals surface area contributed by atoms with Gasteiger partial charge in [-0.2, -0.15) is 0 Å². The highest BCUT2D eigenvalue weighted by Crippen LogP contribution is 2.42. The molecule has 0 saturated heterocycles. The summed E-state index contributed by atoms with van der Waals surface area (Å²) in [4.78, 5) is 17.8. The van der Waals surface area contributed by atoms with Crippen LogP contribution in [0.4, 0.5) is 5.69 Å². The van der Waals surface area contributed by atoms with Crippen LogP contribution >= 0.6 is 0 Å². The van der Waals surface area contributed by atoms with Crippen molar-refractivity contribution in [3.05, 3.63) is 102 Å². The smallest absolute Gasteiger partial charge is 0.255 e. The first-order valence-electron chi connectivity index (χ1n) is 13.0. The van der Waals surface area contributed by atoms with Crippen LogP contribution in [0.25, 0.3) is 50.1 Å². The molecule has 2 aromatic heterocycles. The predicted octanol–water partition coefficient (Wildman–Crippen LogP) is 6.17. The van der Waals surface area contributed by atoms with E-state index in [1.165, 1.54) is 11.4 Å². The Kier molecular flexibility index (Phi) is 6.38. The number of rotatable bonds is 6. The van der Waals surface area contributed by atoms with Crippen molar-refractivity contribution in [1.29, 1.82) is 0 Å². The van der Waals surface area contributed by atoms with Crippen molar-refractivity contribution in [3.63, 3.8) is 0 Å². The molecule has 8 nitrogen and oxygen atoms in total. The third-order valence-corrected chi connectivity index (χ3v) is 8.50. The molecule has 0 aliphatic carbocycles. The molecule has 1 amide bonds. The number of aromatic nitrogens is 2. The number of nitrogens with zero attached hydrogens (tertiary/aromatic N) is 3. The van der Waals surface area contributed by atoms with E-state index in [4.69, 9.17) is 4.42 Å². The summed E-state index contributed by atoms with van der Waals surface area (Å²) in [6.45, 7) is 1.99. The molecule has 0 spiro atoms. The number of carbonyl (C=O) groups is 1. The molecule has 0 radical (unpaired) electrons. The SMILES string of the molecule is CNC(=O)c1c(-c2ccc(C)cc2)oc2cc(N(C)S(C)(=O)=O)c(-c3ccc4ncn(-c5ccccc5)c4c3)cc12. The van der Waals surface area contributed by atoms with Crippen LogP contribution in [0.3, 0.4) is 0 Å². The number of hydrogen-bond donors (Lipinski definition) is 1. The Morgan fingerprint density at radius 1 is 0.951 bits per heavy atom.